The highest BCUT2D eigenvalue weighted by Gasteiger charge is 2.44. The minimum atomic E-state index is -4.08. The molecule has 51 heavy (non-hydrogen) atoms. The number of Topliss-reactive ketones (excluding diaryl/α,β-unsaturated/α-hetero) is 3. The second-order valence-electron chi connectivity index (χ2n) is 11.5. The summed E-state index contributed by atoms with van der Waals surface area (Å²) in [6.45, 7) is 2.92. The molecule has 3 amide bonds. The third-order valence-electron chi connectivity index (χ3n) is 8.06. The summed E-state index contributed by atoms with van der Waals surface area (Å²) in [7, 11) is -4.08. The van der Waals surface area contributed by atoms with Crippen LogP contribution in [0.5, 0.6) is 0 Å². The van der Waals surface area contributed by atoms with E-state index >= 15 is 0 Å². The Bertz CT molecular complexity index is 2260. The predicted octanol–water partition coefficient (Wildman–Crippen LogP) is 3.41. The van der Waals surface area contributed by atoms with Crippen molar-refractivity contribution >= 4 is 79.1 Å². The zero-order chi connectivity index (χ0) is 36.4. The van der Waals surface area contributed by atoms with Crippen LogP contribution in [0.1, 0.15) is 13.8 Å². The lowest BCUT2D eigenvalue weighted by Crippen LogP contribution is -2.46. The normalized spacial score (nSPS) is 17.1. The standard InChI is InChI=1S/C36H28N6O8S/c1-21-29(36(48)42(39-21)26-11-7-4-8-12-26)32(44)34(46)37-23-13-17-27(18-14-23)51(49,50)28-19-15-24(16-20-28)38-35(47)33(45)30-31(43)22(2)40-41(30)25-9-5-3-6-10-25/h3-20,29-30H,1-2H3,(H,37,46)(H,38,47)/t29-,30-/m1/s1. The molecule has 0 spiro atoms. The number of hydrazone groups is 2. The summed E-state index contributed by atoms with van der Waals surface area (Å²) in [6, 6.07) is 25.5. The molecular weight excluding hydrogens is 676 g/mol. The Labute approximate surface area is 291 Å². The van der Waals surface area contributed by atoms with E-state index in [1.54, 1.807) is 60.7 Å². The summed E-state index contributed by atoms with van der Waals surface area (Å²) in [5.74, 6) is -6.89. The first-order valence-corrected chi connectivity index (χ1v) is 16.9. The molecule has 0 unspecified atom stereocenters. The molecule has 0 aromatic heterocycles. The number of carbonyl (C=O) groups excluding carboxylic acids is 6. The van der Waals surface area contributed by atoms with Crippen molar-refractivity contribution in [2.45, 2.75) is 29.7 Å². The van der Waals surface area contributed by atoms with Crippen LogP contribution in [0.25, 0.3) is 0 Å². The molecule has 0 aliphatic carbocycles. The molecule has 0 radical (unpaired) electrons. The van der Waals surface area contributed by atoms with Crippen LogP contribution in [0.15, 0.2) is 129 Å². The number of amides is 3. The van der Waals surface area contributed by atoms with Gasteiger partial charge in [-0.3, -0.25) is 28.8 Å². The summed E-state index contributed by atoms with van der Waals surface area (Å²) in [6.07, 6.45) is 0. The lowest BCUT2D eigenvalue weighted by molar-refractivity contribution is -0.138. The molecule has 4 aromatic rings. The summed E-state index contributed by atoms with van der Waals surface area (Å²) >= 11 is 0. The number of para-hydroxylation sites is 2. The zero-order valence-electron chi connectivity index (χ0n) is 27.0. The maximum atomic E-state index is 13.3. The van der Waals surface area contributed by atoms with Gasteiger partial charge in [0.25, 0.3) is 23.5 Å². The molecule has 2 aliphatic rings. The molecule has 2 atom stereocenters. The van der Waals surface area contributed by atoms with Gasteiger partial charge in [0.15, 0.2) is 6.04 Å². The summed E-state index contributed by atoms with van der Waals surface area (Å²) in [4.78, 5) is 77.1. The van der Waals surface area contributed by atoms with Crippen LogP contribution in [-0.2, 0) is 38.6 Å². The van der Waals surface area contributed by atoms with E-state index in [-0.39, 0.29) is 32.6 Å². The third kappa shape index (κ3) is 6.69. The highest BCUT2D eigenvalue weighted by Crippen LogP contribution is 2.27. The van der Waals surface area contributed by atoms with Crippen LogP contribution in [-0.4, -0.2) is 61.0 Å². The molecule has 4 aromatic carbocycles. The van der Waals surface area contributed by atoms with Crippen LogP contribution >= 0.6 is 0 Å². The van der Waals surface area contributed by atoms with Crippen molar-refractivity contribution in [2.24, 2.45) is 16.1 Å². The molecular formula is C36H28N6O8S. The SMILES string of the molecule is CC1=NN(c2ccccc2)[C@@H](C(=O)C(=O)Nc2ccc(S(=O)(=O)c3ccc(NC(=O)C(=O)[C@@H]4C(=O)N(c5ccccc5)N=C4C)cc3)cc2)C1=O. The molecule has 15 heteroatoms. The minimum absolute atomic E-state index is 0.0738. The van der Waals surface area contributed by atoms with Gasteiger partial charge in [0.05, 0.1) is 26.9 Å². The lowest BCUT2D eigenvalue weighted by atomic mass is 9.98. The van der Waals surface area contributed by atoms with Crippen molar-refractivity contribution < 1.29 is 37.2 Å². The van der Waals surface area contributed by atoms with Gasteiger partial charge in [-0.1, -0.05) is 36.4 Å². The number of rotatable bonds is 10. The molecule has 6 rings (SSSR count). The Morgan fingerprint density at radius 3 is 1.61 bits per heavy atom. The molecule has 2 N–H and O–H groups in total. The predicted molar refractivity (Wildman–Crippen MR) is 187 cm³/mol. The van der Waals surface area contributed by atoms with E-state index in [0.29, 0.717) is 11.4 Å². The minimum Gasteiger partial charge on any atom is -0.319 e. The van der Waals surface area contributed by atoms with Gasteiger partial charge >= 0.3 is 0 Å². The topological polar surface area (TPSA) is 192 Å². The van der Waals surface area contributed by atoms with E-state index < -0.39 is 56.9 Å². The number of carbonyl (C=O) groups is 6. The maximum Gasteiger partial charge on any atom is 0.294 e. The van der Waals surface area contributed by atoms with E-state index in [2.05, 4.69) is 20.8 Å². The fraction of sp³-hybridized carbons (Fsp3) is 0.111. The smallest absolute Gasteiger partial charge is 0.294 e. The maximum absolute atomic E-state index is 13.3. The molecule has 0 saturated heterocycles. The number of anilines is 4. The van der Waals surface area contributed by atoms with Crippen molar-refractivity contribution in [3.8, 4) is 0 Å². The quantitative estimate of drug-likeness (QED) is 0.184. The Hall–Kier alpha value is -6.61. The van der Waals surface area contributed by atoms with Crippen molar-refractivity contribution in [1.82, 2.24) is 0 Å². The Balaban J connectivity index is 1.08. The number of hydrogen-bond donors (Lipinski definition) is 2. The lowest BCUT2D eigenvalue weighted by Gasteiger charge is -2.20. The van der Waals surface area contributed by atoms with Crippen LogP contribution in [0.3, 0.4) is 0 Å². The Morgan fingerprint density at radius 1 is 0.627 bits per heavy atom. The molecule has 0 fully saturated rings. The van der Waals surface area contributed by atoms with Gasteiger partial charge in [0, 0.05) is 11.4 Å². The van der Waals surface area contributed by atoms with E-state index in [9.17, 15) is 37.2 Å². The average molecular weight is 705 g/mol. The second-order valence-corrected chi connectivity index (χ2v) is 13.4. The van der Waals surface area contributed by atoms with Crippen LogP contribution in [0.4, 0.5) is 22.7 Å². The van der Waals surface area contributed by atoms with Gasteiger partial charge in [0.2, 0.25) is 21.4 Å². The Kier molecular flexibility index (Phi) is 9.22. The number of benzene rings is 4. The third-order valence-corrected chi connectivity index (χ3v) is 9.85. The van der Waals surface area contributed by atoms with Gasteiger partial charge in [-0.15, -0.1) is 0 Å². The molecule has 14 nitrogen and oxygen atoms in total. The monoisotopic (exact) mass is 704 g/mol. The molecule has 256 valence electrons. The number of hydrogen-bond acceptors (Lipinski definition) is 11. The van der Waals surface area contributed by atoms with Gasteiger partial charge in [0.1, 0.15) is 11.6 Å². The summed E-state index contributed by atoms with van der Waals surface area (Å²) < 4.78 is 26.7. The van der Waals surface area contributed by atoms with Gasteiger partial charge in [-0.25, -0.2) is 13.4 Å². The van der Waals surface area contributed by atoms with Crippen LogP contribution in [0, 0.1) is 5.92 Å². The van der Waals surface area contributed by atoms with E-state index in [0.717, 1.165) is 5.01 Å². The fourth-order valence-corrected chi connectivity index (χ4v) is 6.69. The van der Waals surface area contributed by atoms with Gasteiger partial charge < -0.3 is 10.6 Å². The van der Waals surface area contributed by atoms with E-state index in [1.807, 2.05) is 0 Å². The largest absolute Gasteiger partial charge is 0.319 e. The highest BCUT2D eigenvalue weighted by atomic mass is 32.2. The van der Waals surface area contributed by atoms with Crippen LogP contribution in [0.2, 0.25) is 0 Å². The number of nitrogens with one attached hydrogen (secondary N) is 2. The first-order valence-electron chi connectivity index (χ1n) is 15.4. The molecule has 2 heterocycles. The van der Waals surface area contributed by atoms with Gasteiger partial charge in [-0.2, -0.15) is 15.2 Å². The average Bonchev–Trinajstić information content (AvgIpc) is 3.61. The summed E-state index contributed by atoms with van der Waals surface area (Å²) in [5, 5.41) is 15.3. The first-order chi connectivity index (χ1) is 24.4. The molecule has 0 saturated carbocycles. The van der Waals surface area contributed by atoms with Gasteiger partial charge in [-0.05, 0) is 86.6 Å². The zero-order valence-corrected chi connectivity index (χ0v) is 27.8. The number of ketones is 3. The number of sulfone groups is 1. The van der Waals surface area contributed by atoms with Crippen LogP contribution < -0.4 is 20.7 Å². The van der Waals surface area contributed by atoms with Crippen molar-refractivity contribution in [1.29, 1.82) is 0 Å². The van der Waals surface area contributed by atoms with E-state index in [1.165, 1.54) is 67.4 Å². The van der Waals surface area contributed by atoms with Crippen molar-refractivity contribution in [3.63, 3.8) is 0 Å². The highest BCUT2D eigenvalue weighted by molar-refractivity contribution is 7.91. The molecule has 2 aliphatic heterocycles. The van der Waals surface area contributed by atoms with Crippen molar-refractivity contribution in [2.75, 3.05) is 20.7 Å². The first kappa shape index (κ1) is 34.3. The van der Waals surface area contributed by atoms with Crippen molar-refractivity contribution in [3.05, 3.63) is 109 Å². The second kappa shape index (κ2) is 13.7. The van der Waals surface area contributed by atoms with E-state index in [4.69, 9.17) is 0 Å². The Morgan fingerprint density at radius 2 is 1.10 bits per heavy atom. The summed E-state index contributed by atoms with van der Waals surface area (Å²) in [5.41, 5.74) is 1.35. The fourth-order valence-electron chi connectivity index (χ4n) is 5.43. The molecule has 0 bridgehead atoms. The number of nitrogens with zero attached hydrogens (tertiary/aromatic N) is 4.